The van der Waals surface area contributed by atoms with Gasteiger partial charge in [-0.1, -0.05) is 0 Å². The van der Waals surface area contributed by atoms with Crippen molar-refractivity contribution in [1.29, 1.82) is 0 Å². The molecule has 0 aliphatic heterocycles. The van der Waals surface area contributed by atoms with Crippen molar-refractivity contribution in [3.63, 3.8) is 0 Å². The second kappa shape index (κ2) is 6.47. The van der Waals surface area contributed by atoms with E-state index in [4.69, 9.17) is 9.47 Å². The second-order valence-corrected chi connectivity index (χ2v) is 3.90. The van der Waals surface area contributed by atoms with Crippen molar-refractivity contribution in [3.8, 4) is 11.5 Å². The number of carboxylic acids is 1. The van der Waals surface area contributed by atoms with Crippen LogP contribution in [0.2, 0.25) is 0 Å². The zero-order valence-electron chi connectivity index (χ0n) is 11.5. The van der Waals surface area contributed by atoms with Crippen LogP contribution in [0.4, 0.5) is 5.95 Å². The van der Waals surface area contributed by atoms with Gasteiger partial charge in [-0.05, 0) is 12.1 Å². The molecular formula is C14H13N3O4. The van der Waals surface area contributed by atoms with Crippen molar-refractivity contribution in [2.24, 2.45) is 4.99 Å². The minimum Gasteiger partial charge on any atom is -0.497 e. The Labute approximate surface area is 120 Å². The Kier molecular flexibility index (Phi) is 4.45. The number of carbonyl (C=O) groups is 1. The Hall–Kier alpha value is -2.96. The van der Waals surface area contributed by atoms with E-state index in [9.17, 15) is 9.90 Å². The number of methoxy groups -OCH3 is 2. The highest BCUT2D eigenvalue weighted by atomic mass is 16.5. The summed E-state index contributed by atoms with van der Waals surface area (Å²) in [5.74, 6) is -0.155. The van der Waals surface area contributed by atoms with Gasteiger partial charge in [0.15, 0.2) is 0 Å². The maximum atomic E-state index is 11.4. The molecule has 0 atom stereocenters. The van der Waals surface area contributed by atoms with Crippen LogP contribution in [0.5, 0.6) is 11.5 Å². The number of benzene rings is 1. The first kappa shape index (κ1) is 14.4. The summed E-state index contributed by atoms with van der Waals surface area (Å²) in [6.07, 6.45) is 4.45. The highest BCUT2D eigenvalue weighted by Gasteiger charge is 2.16. The topological polar surface area (TPSA) is 93.9 Å². The summed E-state index contributed by atoms with van der Waals surface area (Å²) in [5, 5.41) is 9.30. The van der Waals surface area contributed by atoms with Crippen LogP contribution >= 0.6 is 0 Å². The number of ether oxygens (including phenoxy) is 2. The van der Waals surface area contributed by atoms with Crippen molar-refractivity contribution in [3.05, 3.63) is 41.7 Å². The molecular weight excluding hydrogens is 274 g/mol. The number of hydrogen-bond donors (Lipinski definition) is 1. The van der Waals surface area contributed by atoms with Gasteiger partial charge < -0.3 is 14.6 Å². The van der Waals surface area contributed by atoms with E-state index < -0.39 is 5.97 Å². The van der Waals surface area contributed by atoms with Crippen molar-refractivity contribution < 1.29 is 19.4 Å². The van der Waals surface area contributed by atoms with Crippen LogP contribution in [0.15, 0.2) is 35.6 Å². The molecule has 0 unspecified atom stereocenters. The Morgan fingerprint density at radius 2 is 1.95 bits per heavy atom. The summed E-state index contributed by atoms with van der Waals surface area (Å²) in [5.41, 5.74) is 0.337. The first-order valence-corrected chi connectivity index (χ1v) is 5.96. The van der Waals surface area contributed by atoms with Gasteiger partial charge in [0.2, 0.25) is 5.95 Å². The fourth-order valence-corrected chi connectivity index (χ4v) is 1.68. The van der Waals surface area contributed by atoms with Gasteiger partial charge in [-0.2, -0.15) is 0 Å². The van der Waals surface area contributed by atoms with Gasteiger partial charge in [0.1, 0.15) is 11.5 Å². The summed E-state index contributed by atoms with van der Waals surface area (Å²) >= 11 is 0. The zero-order chi connectivity index (χ0) is 15.2. The third kappa shape index (κ3) is 3.33. The highest BCUT2D eigenvalue weighted by Crippen LogP contribution is 2.28. The standard InChI is InChI=1S/C14H13N3O4/c1-20-9-6-10(13(18)19)11(12(7-9)21-2)8-17-14-15-4-3-5-16-14/h3-8H,1-2H3,(H,18,19). The summed E-state index contributed by atoms with van der Waals surface area (Å²) in [4.78, 5) is 23.3. The van der Waals surface area contributed by atoms with E-state index in [1.807, 2.05) is 0 Å². The third-order valence-electron chi connectivity index (χ3n) is 2.66. The SMILES string of the molecule is COc1cc(OC)c(C=Nc2ncccn2)c(C(=O)O)c1. The van der Waals surface area contributed by atoms with Gasteiger partial charge >= 0.3 is 5.97 Å². The number of aromatic nitrogens is 2. The third-order valence-corrected chi connectivity index (χ3v) is 2.66. The van der Waals surface area contributed by atoms with E-state index in [0.29, 0.717) is 17.1 Å². The van der Waals surface area contributed by atoms with E-state index in [1.54, 1.807) is 24.5 Å². The lowest BCUT2D eigenvalue weighted by Gasteiger charge is -2.10. The number of carboxylic acid groups (broad SMARTS) is 1. The number of aliphatic imine (C=N–C) groups is 1. The number of rotatable bonds is 5. The molecule has 0 amide bonds. The molecule has 1 N–H and O–H groups in total. The molecule has 0 saturated heterocycles. The molecule has 0 aliphatic carbocycles. The van der Waals surface area contributed by atoms with Crippen LogP contribution in [-0.4, -0.2) is 41.5 Å². The molecule has 108 valence electrons. The summed E-state index contributed by atoms with van der Waals surface area (Å²) in [7, 11) is 2.89. The lowest BCUT2D eigenvalue weighted by atomic mass is 10.1. The van der Waals surface area contributed by atoms with E-state index in [0.717, 1.165) is 0 Å². The van der Waals surface area contributed by atoms with E-state index in [2.05, 4.69) is 15.0 Å². The first-order chi connectivity index (χ1) is 10.2. The molecule has 0 saturated carbocycles. The van der Waals surface area contributed by atoms with Crippen molar-refractivity contribution in [1.82, 2.24) is 9.97 Å². The zero-order valence-corrected chi connectivity index (χ0v) is 11.5. The lowest BCUT2D eigenvalue weighted by Crippen LogP contribution is -2.05. The minimum atomic E-state index is -1.11. The average Bonchev–Trinajstić information content (AvgIpc) is 2.52. The van der Waals surface area contributed by atoms with E-state index in [-0.39, 0.29) is 11.5 Å². The molecule has 7 heteroatoms. The van der Waals surface area contributed by atoms with Gasteiger partial charge in [-0.15, -0.1) is 0 Å². The molecule has 2 rings (SSSR count). The number of nitrogens with zero attached hydrogens (tertiary/aromatic N) is 3. The average molecular weight is 287 g/mol. The van der Waals surface area contributed by atoms with E-state index >= 15 is 0 Å². The lowest BCUT2D eigenvalue weighted by molar-refractivity contribution is 0.0696. The molecule has 0 spiro atoms. The molecule has 1 aromatic carbocycles. The van der Waals surface area contributed by atoms with Gasteiger partial charge in [0.05, 0.1) is 19.8 Å². The van der Waals surface area contributed by atoms with Crippen LogP contribution in [0.25, 0.3) is 0 Å². The predicted molar refractivity (Wildman–Crippen MR) is 75.8 cm³/mol. The first-order valence-electron chi connectivity index (χ1n) is 5.96. The number of aromatic carboxylic acids is 1. The maximum Gasteiger partial charge on any atom is 0.336 e. The van der Waals surface area contributed by atoms with Crippen molar-refractivity contribution >= 4 is 18.1 Å². The minimum absolute atomic E-state index is 0.0193. The van der Waals surface area contributed by atoms with Crippen molar-refractivity contribution in [2.75, 3.05) is 14.2 Å². The van der Waals surface area contributed by atoms with Crippen LogP contribution in [0.3, 0.4) is 0 Å². The quantitative estimate of drug-likeness (QED) is 0.845. The Morgan fingerprint density at radius 1 is 1.24 bits per heavy atom. The van der Waals surface area contributed by atoms with Crippen molar-refractivity contribution in [2.45, 2.75) is 0 Å². The normalized spacial score (nSPS) is 10.6. The number of hydrogen-bond acceptors (Lipinski definition) is 6. The monoisotopic (exact) mass is 287 g/mol. The molecule has 0 radical (unpaired) electrons. The van der Waals surface area contributed by atoms with E-state index in [1.165, 1.54) is 26.5 Å². The van der Waals surface area contributed by atoms with Gasteiger partial charge in [0, 0.05) is 30.2 Å². The van der Waals surface area contributed by atoms with Gasteiger partial charge in [0.25, 0.3) is 0 Å². The molecule has 21 heavy (non-hydrogen) atoms. The summed E-state index contributed by atoms with van der Waals surface area (Å²) in [6, 6.07) is 4.65. The Balaban J connectivity index is 2.50. The fourth-order valence-electron chi connectivity index (χ4n) is 1.68. The highest BCUT2D eigenvalue weighted by molar-refractivity contribution is 6.01. The summed E-state index contributed by atoms with van der Waals surface area (Å²) < 4.78 is 10.2. The largest absolute Gasteiger partial charge is 0.497 e. The molecule has 1 aromatic heterocycles. The Morgan fingerprint density at radius 3 is 2.52 bits per heavy atom. The van der Waals surface area contributed by atoms with Crippen LogP contribution in [0.1, 0.15) is 15.9 Å². The van der Waals surface area contributed by atoms with Gasteiger partial charge in [-0.3, -0.25) is 0 Å². The molecule has 0 aliphatic rings. The fraction of sp³-hybridized carbons (Fsp3) is 0.143. The predicted octanol–water partition coefficient (Wildman–Crippen LogP) is 1.94. The molecule has 2 aromatic rings. The summed E-state index contributed by atoms with van der Waals surface area (Å²) in [6.45, 7) is 0. The van der Waals surface area contributed by atoms with Crippen LogP contribution in [0, 0.1) is 0 Å². The molecule has 1 heterocycles. The second-order valence-electron chi connectivity index (χ2n) is 3.90. The molecule has 7 nitrogen and oxygen atoms in total. The molecule has 0 bridgehead atoms. The van der Waals surface area contributed by atoms with Crippen LogP contribution < -0.4 is 9.47 Å². The van der Waals surface area contributed by atoms with Gasteiger partial charge in [-0.25, -0.2) is 19.8 Å². The molecule has 0 fully saturated rings. The maximum absolute atomic E-state index is 11.4. The smallest absolute Gasteiger partial charge is 0.336 e. The van der Waals surface area contributed by atoms with Crippen LogP contribution in [-0.2, 0) is 0 Å². The Bertz CT molecular complexity index is 671.